The number of rotatable bonds is 2. The third kappa shape index (κ3) is 2.29. The number of aliphatic hydroxyl groups is 1. The van der Waals surface area contributed by atoms with Crippen LogP contribution >= 0.6 is 23.2 Å². The van der Waals surface area contributed by atoms with Crippen molar-refractivity contribution in [3.63, 3.8) is 0 Å². The van der Waals surface area contributed by atoms with Crippen LogP contribution in [0.1, 0.15) is 11.3 Å². The SMILES string of the molecule is N#Cc1ncc(-c2cncc(Cl)c2CO)cc1Cl. The van der Waals surface area contributed by atoms with Crippen molar-refractivity contribution in [2.45, 2.75) is 6.61 Å². The summed E-state index contributed by atoms with van der Waals surface area (Å²) in [5.41, 5.74) is 2.00. The van der Waals surface area contributed by atoms with Crippen LogP contribution in [0.5, 0.6) is 0 Å². The second kappa shape index (κ2) is 5.32. The van der Waals surface area contributed by atoms with Crippen LogP contribution in [0.4, 0.5) is 0 Å². The first-order valence-corrected chi connectivity index (χ1v) is 5.72. The zero-order valence-corrected chi connectivity index (χ0v) is 10.6. The lowest BCUT2D eigenvalue weighted by atomic mass is 10.0. The van der Waals surface area contributed by atoms with E-state index in [1.54, 1.807) is 12.3 Å². The smallest absolute Gasteiger partial charge is 0.159 e. The number of nitriles is 1. The van der Waals surface area contributed by atoms with E-state index in [1.807, 2.05) is 6.07 Å². The summed E-state index contributed by atoms with van der Waals surface area (Å²) in [5.74, 6) is 0. The molecule has 90 valence electrons. The maximum absolute atomic E-state index is 9.31. The highest BCUT2D eigenvalue weighted by Crippen LogP contribution is 2.29. The Bertz CT molecular complexity index is 638. The first-order chi connectivity index (χ1) is 8.67. The van der Waals surface area contributed by atoms with Crippen molar-refractivity contribution in [1.29, 1.82) is 5.26 Å². The fraction of sp³-hybridized carbons (Fsp3) is 0.0833. The second-order valence-electron chi connectivity index (χ2n) is 3.47. The zero-order chi connectivity index (χ0) is 13.1. The van der Waals surface area contributed by atoms with Crippen molar-refractivity contribution in [3.8, 4) is 17.2 Å². The van der Waals surface area contributed by atoms with Crippen LogP contribution in [-0.4, -0.2) is 15.1 Å². The first-order valence-electron chi connectivity index (χ1n) is 4.96. The van der Waals surface area contributed by atoms with Crippen LogP contribution in [0, 0.1) is 11.3 Å². The Balaban J connectivity index is 2.60. The summed E-state index contributed by atoms with van der Waals surface area (Å²) in [6.07, 6.45) is 4.52. The number of hydrogen-bond donors (Lipinski definition) is 1. The molecule has 2 rings (SSSR count). The van der Waals surface area contributed by atoms with Crippen LogP contribution in [0.3, 0.4) is 0 Å². The number of pyridine rings is 2. The van der Waals surface area contributed by atoms with E-state index in [0.717, 1.165) is 0 Å². The van der Waals surface area contributed by atoms with Gasteiger partial charge in [0.1, 0.15) is 6.07 Å². The van der Waals surface area contributed by atoms with Crippen LogP contribution < -0.4 is 0 Å². The molecule has 0 saturated heterocycles. The van der Waals surface area contributed by atoms with E-state index in [2.05, 4.69) is 9.97 Å². The monoisotopic (exact) mass is 279 g/mol. The van der Waals surface area contributed by atoms with Gasteiger partial charge in [-0.05, 0) is 6.07 Å². The molecule has 0 aliphatic rings. The molecule has 0 aliphatic carbocycles. The van der Waals surface area contributed by atoms with Gasteiger partial charge in [-0.15, -0.1) is 0 Å². The summed E-state index contributed by atoms with van der Waals surface area (Å²) < 4.78 is 0. The van der Waals surface area contributed by atoms with E-state index in [0.29, 0.717) is 21.7 Å². The van der Waals surface area contributed by atoms with Crippen molar-refractivity contribution < 1.29 is 5.11 Å². The van der Waals surface area contributed by atoms with Gasteiger partial charge < -0.3 is 5.11 Å². The van der Waals surface area contributed by atoms with Crippen molar-refractivity contribution in [2.24, 2.45) is 0 Å². The van der Waals surface area contributed by atoms with E-state index in [1.165, 1.54) is 12.4 Å². The Labute approximate surface area is 113 Å². The third-order valence-electron chi connectivity index (χ3n) is 2.42. The largest absolute Gasteiger partial charge is 0.392 e. The third-order valence-corrected chi connectivity index (χ3v) is 3.03. The van der Waals surface area contributed by atoms with E-state index in [-0.39, 0.29) is 17.3 Å². The average Bonchev–Trinajstić information content (AvgIpc) is 2.38. The van der Waals surface area contributed by atoms with Gasteiger partial charge >= 0.3 is 0 Å². The van der Waals surface area contributed by atoms with Crippen LogP contribution in [0.25, 0.3) is 11.1 Å². The molecule has 18 heavy (non-hydrogen) atoms. The van der Waals surface area contributed by atoms with Gasteiger partial charge in [0.2, 0.25) is 0 Å². The minimum atomic E-state index is -0.214. The zero-order valence-electron chi connectivity index (χ0n) is 9.06. The highest BCUT2D eigenvalue weighted by molar-refractivity contribution is 6.32. The summed E-state index contributed by atoms with van der Waals surface area (Å²) in [7, 11) is 0. The predicted octanol–water partition coefficient (Wildman–Crippen LogP) is 2.81. The fourth-order valence-electron chi connectivity index (χ4n) is 1.54. The maximum atomic E-state index is 9.31. The van der Waals surface area contributed by atoms with Gasteiger partial charge in [-0.1, -0.05) is 23.2 Å². The number of hydrogen-bond acceptors (Lipinski definition) is 4. The predicted molar refractivity (Wildman–Crippen MR) is 68.1 cm³/mol. The summed E-state index contributed by atoms with van der Waals surface area (Å²) in [6.45, 7) is -0.214. The lowest BCUT2D eigenvalue weighted by molar-refractivity contribution is 0.282. The molecular formula is C12H7Cl2N3O. The van der Waals surface area contributed by atoms with E-state index < -0.39 is 0 Å². The molecule has 0 unspecified atom stereocenters. The molecule has 0 aromatic carbocycles. The standard InChI is InChI=1S/C12H7Cl2N3O/c13-10-1-7(3-17-12(10)2-15)8-4-16-5-11(14)9(8)6-18/h1,3-5,18H,6H2. The van der Waals surface area contributed by atoms with Gasteiger partial charge in [0.25, 0.3) is 0 Å². The molecular weight excluding hydrogens is 273 g/mol. The molecule has 2 aromatic heterocycles. The van der Waals surface area contributed by atoms with Gasteiger partial charge in [-0.2, -0.15) is 5.26 Å². The van der Waals surface area contributed by atoms with Crippen molar-refractivity contribution in [3.05, 3.63) is 46.0 Å². The van der Waals surface area contributed by atoms with Gasteiger partial charge in [0.05, 0.1) is 16.7 Å². The molecule has 0 amide bonds. The van der Waals surface area contributed by atoms with E-state index >= 15 is 0 Å². The maximum Gasteiger partial charge on any atom is 0.159 e. The van der Waals surface area contributed by atoms with Gasteiger partial charge in [0.15, 0.2) is 5.69 Å². The number of halogens is 2. The molecule has 1 N–H and O–H groups in total. The Morgan fingerprint density at radius 3 is 2.61 bits per heavy atom. The molecule has 6 heteroatoms. The normalized spacial score (nSPS) is 10.1. The van der Waals surface area contributed by atoms with E-state index in [4.69, 9.17) is 28.5 Å². The Morgan fingerprint density at radius 2 is 2.00 bits per heavy atom. The molecule has 0 spiro atoms. The summed E-state index contributed by atoms with van der Waals surface area (Å²) >= 11 is 11.9. The molecule has 0 saturated carbocycles. The Morgan fingerprint density at radius 1 is 1.22 bits per heavy atom. The van der Waals surface area contributed by atoms with Crippen LogP contribution in [0.15, 0.2) is 24.7 Å². The number of aliphatic hydroxyl groups excluding tert-OH is 1. The quantitative estimate of drug-likeness (QED) is 0.918. The lowest BCUT2D eigenvalue weighted by Crippen LogP contribution is -1.94. The van der Waals surface area contributed by atoms with Crippen molar-refractivity contribution in [2.75, 3.05) is 0 Å². The summed E-state index contributed by atoms with van der Waals surface area (Å²) in [5, 5.41) is 18.7. The summed E-state index contributed by atoms with van der Waals surface area (Å²) in [6, 6.07) is 3.48. The highest BCUT2D eigenvalue weighted by Gasteiger charge is 2.11. The van der Waals surface area contributed by atoms with Crippen molar-refractivity contribution in [1.82, 2.24) is 9.97 Å². The number of aromatic nitrogens is 2. The molecule has 0 aliphatic heterocycles. The van der Waals surface area contributed by atoms with E-state index in [9.17, 15) is 5.11 Å². The minimum absolute atomic E-state index is 0.154. The highest BCUT2D eigenvalue weighted by atomic mass is 35.5. The Kier molecular flexibility index (Phi) is 3.78. The first kappa shape index (κ1) is 12.8. The molecule has 2 heterocycles. The molecule has 0 radical (unpaired) electrons. The fourth-order valence-corrected chi connectivity index (χ4v) is 1.97. The summed E-state index contributed by atoms with van der Waals surface area (Å²) in [4.78, 5) is 7.90. The molecule has 0 atom stereocenters. The molecule has 0 bridgehead atoms. The Hall–Kier alpha value is -1.67. The molecule has 0 fully saturated rings. The van der Waals surface area contributed by atoms with Gasteiger partial charge in [-0.3, -0.25) is 4.98 Å². The minimum Gasteiger partial charge on any atom is -0.392 e. The molecule has 4 nitrogen and oxygen atoms in total. The molecule has 2 aromatic rings. The van der Waals surface area contributed by atoms with Crippen LogP contribution in [-0.2, 0) is 6.61 Å². The second-order valence-corrected chi connectivity index (χ2v) is 4.29. The van der Waals surface area contributed by atoms with Crippen LogP contribution in [0.2, 0.25) is 10.0 Å². The van der Waals surface area contributed by atoms with Gasteiger partial charge in [0, 0.05) is 35.3 Å². The van der Waals surface area contributed by atoms with Gasteiger partial charge in [-0.25, -0.2) is 4.98 Å². The van der Waals surface area contributed by atoms with Crippen molar-refractivity contribution >= 4 is 23.2 Å². The topological polar surface area (TPSA) is 69.8 Å². The lowest BCUT2D eigenvalue weighted by Gasteiger charge is -2.08. The number of nitrogens with zero attached hydrogens (tertiary/aromatic N) is 3. The average molecular weight is 280 g/mol.